The van der Waals surface area contributed by atoms with E-state index < -0.39 is 0 Å². The minimum atomic E-state index is 0.652. The molecule has 2 aromatic rings. The van der Waals surface area contributed by atoms with Crippen molar-refractivity contribution in [3.8, 4) is 0 Å². The first-order valence-corrected chi connectivity index (χ1v) is 11.1. The van der Waals surface area contributed by atoms with Crippen molar-refractivity contribution in [2.45, 2.75) is 25.7 Å². The third-order valence-electron chi connectivity index (χ3n) is 5.67. The summed E-state index contributed by atoms with van der Waals surface area (Å²) in [5.74, 6) is 0.671. The Morgan fingerprint density at radius 3 is 2.67 bits per heavy atom. The second kappa shape index (κ2) is 8.21. The lowest BCUT2D eigenvalue weighted by Gasteiger charge is -2.27. The Balaban J connectivity index is 1.85. The lowest BCUT2D eigenvalue weighted by atomic mass is 9.88. The Labute approximate surface area is 171 Å². The molecule has 142 valence electrons. The first-order chi connectivity index (χ1) is 13.2. The zero-order chi connectivity index (χ0) is 18.8. The Hall–Kier alpha value is -1.56. The van der Waals surface area contributed by atoms with E-state index >= 15 is 0 Å². The maximum atomic E-state index is 11.6. The molecule has 4 rings (SSSR count). The van der Waals surface area contributed by atoms with Gasteiger partial charge in [0.2, 0.25) is 6.41 Å². The topological polar surface area (TPSA) is 23.6 Å². The molecule has 1 fully saturated rings. The van der Waals surface area contributed by atoms with Gasteiger partial charge in [0.05, 0.1) is 5.00 Å². The number of thiol groups is 1. The average Bonchev–Trinajstić information content (AvgIpc) is 3.04. The molecule has 0 bridgehead atoms. The van der Waals surface area contributed by atoms with Crippen molar-refractivity contribution in [1.82, 2.24) is 4.90 Å². The van der Waals surface area contributed by atoms with Gasteiger partial charge in [0.25, 0.3) is 0 Å². The summed E-state index contributed by atoms with van der Waals surface area (Å²) >= 11 is 6.09. The number of anilines is 1. The maximum Gasteiger partial charge on any atom is 0.214 e. The molecule has 1 aliphatic heterocycles. The normalized spacial score (nSPS) is 17.3. The van der Waals surface area contributed by atoms with E-state index in [0.29, 0.717) is 12.3 Å². The van der Waals surface area contributed by atoms with E-state index in [1.165, 1.54) is 27.1 Å². The van der Waals surface area contributed by atoms with Gasteiger partial charge in [-0.05, 0) is 61.1 Å². The van der Waals surface area contributed by atoms with Crippen LogP contribution in [0.15, 0.2) is 35.9 Å². The summed E-state index contributed by atoms with van der Waals surface area (Å²) < 4.78 is 0. The van der Waals surface area contributed by atoms with Gasteiger partial charge in [0, 0.05) is 30.3 Å². The Kier molecular flexibility index (Phi) is 5.71. The zero-order valence-electron chi connectivity index (χ0n) is 15.8. The van der Waals surface area contributed by atoms with Crippen LogP contribution in [0.5, 0.6) is 0 Å². The van der Waals surface area contributed by atoms with Crippen molar-refractivity contribution < 1.29 is 4.79 Å². The number of thiophene rings is 1. The number of aryl methyl sites for hydroxylation is 2. The first kappa shape index (κ1) is 18.8. The Morgan fingerprint density at radius 2 is 1.93 bits per heavy atom. The second-order valence-corrected chi connectivity index (χ2v) is 8.95. The van der Waals surface area contributed by atoms with Crippen LogP contribution in [0, 0.1) is 0 Å². The van der Waals surface area contributed by atoms with Crippen LogP contribution in [0.3, 0.4) is 0 Å². The highest BCUT2D eigenvalue weighted by Crippen LogP contribution is 2.43. The predicted molar refractivity (Wildman–Crippen MR) is 118 cm³/mol. The monoisotopic (exact) mass is 398 g/mol. The van der Waals surface area contributed by atoms with Crippen molar-refractivity contribution >= 4 is 40.9 Å². The van der Waals surface area contributed by atoms with Gasteiger partial charge in [-0.3, -0.25) is 4.79 Å². The molecule has 3 nitrogen and oxygen atoms in total. The summed E-state index contributed by atoms with van der Waals surface area (Å²) in [4.78, 5) is 17.2. The average molecular weight is 399 g/mol. The van der Waals surface area contributed by atoms with E-state index in [1.807, 2.05) is 0 Å². The summed E-state index contributed by atoms with van der Waals surface area (Å²) in [7, 11) is 2.20. The molecule has 0 saturated carbocycles. The number of nitrogens with zero attached hydrogens (tertiary/aromatic N) is 2. The molecule has 1 amide bonds. The van der Waals surface area contributed by atoms with E-state index in [4.69, 9.17) is 0 Å². The molecule has 2 heterocycles. The van der Waals surface area contributed by atoms with Gasteiger partial charge in [-0.25, -0.2) is 0 Å². The molecule has 2 aliphatic rings. The van der Waals surface area contributed by atoms with Crippen LogP contribution < -0.4 is 4.90 Å². The number of carbonyl (C=O) groups is 1. The van der Waals surface area contributed by atoms with Crippen LogP contribution in [0.4, 0.5) is 5.00 Å². The van der Waals surface area contributed by atoms with Gasteiger partial charge < -0.3 is 9.80 Å². The molecular formula is C22H26N2OS2. The second-order valence-electron chi connectivity index (χ2n) is 7.38. The summed E-state index contributed by atoms with van der Waals surface area (Å²) in [6, 6.07) is 11.1. The number of rotatable bonds is 4. The summed E-state index contributed by atoms with van der Waals surface area (Å²) in [6.07, 6.45) is 5.30. The lowest BCUT2D eigenvalue weighted by molar-refractivity contribution is -0.107. The van der Waals surface area contributed by atoms with E-state index in [0.717, 1.165) is 50.2 Å². The van der Waals surface area contributed by atoms with Gasteiger partial charge in [0.1, 0.15) is 0 Å². The highest BCUT2D eigenvalue weighted by Gasteiger charge is 2.26. The summed E-state index contributed by atoms with van der Waals surface area (Å²) in [5, 5.41) is 1.05. The van der Waals surface area contributed by atoms with Crippen LogP contribution in [-0.2, 0) is 17.6 Å². The highest BCUT2D eigenvalue weighted by molar-refractivity contribution is 7.80. The zero-order valence-corrected chi connectivity index (χ0v) is 17.5. The molecule has 1 aromatic carbocycles. The molecule has 0 spiro atoms. The largest absolute Gasteiger partial charge is 0.306 e. The molecule has 5 heteroatoms. The fourth-order valence-corrected chi connectivity index (χ4v) is 5.54. The summed E-state index contributed by atoms with van der Waals surface area (Å²) in [6.45, 7) is 2.89. The molecule has 0 radical (unpaired) electrons. The maximum absolute atomic E-state index is 11.6. The van der Waals surface area contributed by atoms with Crippen LogP contribution >= 0.6 is 24.0 Å². The third-order valence-corrected chi connectivity index (χ3v) is 7.10. The van der Waals surface area contributed by atoms with E-state index in [9.17, 15) is 4.79 Å². The highest BCUT2D eigenvalue weighted by atomic mass is 32.1. The smallest absolute Gasteiger partial charge is 0.214 e. The Morgan fingerprint density at radius 1 is 1.15 bits per heavy atom. The molecule has 1 aliphatic carbocycles. The standard InChI is InChI=1S/C22H26N2OS2/c1-23-10-8-17(9-11-23)22-18-5-3-2-4-16(18)6-7-20-19(22)14-21(27-20)24(15-25)12-13-26/h2-5,14-15,26H,6-13H2,1H3. The number of fused-ring (bicyclic) bond motifs is 2. The first-order valence-electron chi connectivity index (χ1n) is 9.66. The number of carbonyl (C=O) groups excluding carboxylic acids is 1. The number of piperidine rings is 1. The SMILES string of the molecule is CN1CCC(=C2c3ccccc3CCc3sc(N(C=O)CCS)cc32)CC1. The number of hydrogen-bond acceptors (Lipinski definition) is 4. The number of amides is 1. The number of likely N-dealkylation sites (tertiary alicyclic amines) is 1. The van der Waals surface area contributed by atoms with Gasteiger partial charge in [-0.2, -0.15) is 12.6 Å². The quantitative estimate of drug-likeness (QED) is 0.614. The van der Waals surface area contributed by atoms with Gasteiger partial charge in [0.15, 0.2) is 0 Å². The van der Waals surface area contributed by atoms with E-state index in [1.54, 1.807) is 21.8 Å². The lowest BCUT2D eigenvalue weighted by Crippen LogP contribution is -2.27. The van der Waals surface area contributed by atoms with Crippen LogP contribution in [0.1, 0.15) is 34.4 Å². The number of benzene rings is 1. The molecule has 0 N–H and O–H groups in total. The van der Waals surface area contributed by atoms with Gasteiger partial charge >= 0.3 is 0 Å². The number of hydrogen-bond donors (Lipinski definition) is 1. The van der Waals surface area contributed by atoms with Crippen LogP contribution in [-0.4, -0.2) is 43.7 Å². The molecular weight excluding hydrogens is 372 g/mol. The fraction of sp³-hybridized carbons (Fsp3) is 0.409. The minimum Gasteiger partial charge on any atom is -0.306 e. The summed E-state index contributed by atoms with van der Waals surface area (Å²) in [5.41, 5.74) is 7.20. The third kappa shape index (κ3) is 3.73. The molecule has 0 unspecified atom stereocenters. The molecule has 0 atom stereocenters. The molecule has 27 heavy (non-hydrogen) atoms. The fourth-order valence-electron chi connectivity index (χ4n) is 4.17. The van der Waals surface area contributed by atoms with Crippen LogP contribution in [0.2, 0.25) is 0 Å². The van der Waals surface area contributed by atoms with Gasteiger partial charge in [-0.1, -0.05) is 29.8 Å². The molecule has 1 aromatic heterocycles. The van der Waals surface area contributed by atoms with Crippen molar-refractivity contribution in [1.29, 1.82) is 0 Å². The van der Waals surface area contributed by atoms with Crippen LogP contribution in [0.25, 0.3) is 5.57 Å². The molecule has 1 saturated heterocycles. The predicted octanol–water partition coefficient (Wildman–Crippen LogP) is 4.27. The van der Waals surface area contributed by atoms with Crippen molar-refractivity contribution in [3.63, 3.8) is 0 Å². The van der Waals surface area contributed by atoms with Gasteiger partial charge in [-0.15, -0.1) is 11.3 Å². The minimum absolute atomic E-state index is 0.652. The van der Waals surface area contributed by atoms with Crippen molar-refractivity contribution in [2.75, 3.05) is 37.3 Å². The Bertz CT molecular complexity index is 861. The van der Waals surface area contributed by atoms with E-state index in [-0.39, 0.29) is 0 Å². The van der Waals surface area contributed by atoms with Crippen molar-refractivity contribution in [2.24, 2.45) is 0 Å². The van der Waals surface area contributed by atoms with E-state index in [2.05, 4.69) is 54.9 Å². The van der Waals surface area contributed by atoms with Crippen molar-refractivity contribution in [3.05, 3.63) is 57.5 Å².